The maximum Gasteiger partial charge on any atom is 0.224 e. The van der Waals surface area contributed by atoms with Crippen molar-refractivity contribution in [3.05, 3.63) is 64.3 Å². The van der Waals surface area contributed by atoms with E-state index in [2.05, 4.69) is 25.3 Å². The number of rotatable bonds is 5. The first-order chi connectivity index (χ1) is 13.9. The van der Waals surface area contributed by atoms with Crippen LogP contribution in [-0.2, 0) is 6.42 Å². The molecule has 3 aromatic heterocycles. The summed E-state index contributed by atoms with van der Waals surface area (Å²) >= 11 is 7.24. The fraction of sp³-hybridized carbons (Fsp3) is 0.111. The Balaban J connectivity index is 1.61. The Morgan fingerprint density at radius 3 is 2.66 bits per heavy atom. The summed E-state index contributed by atoms with van der Waals surface area (Å²) in [4.78, 5) is 17.4. The number of benzene rings is 1. The van der Waals surface area contributed by atoms with Gasteiger partial charge < -0.3 is 10.1 Å². The van der Waals surface area contributed by atoms with Gasteiger partial charge in [-0.15, -0.1) is 0 Å². The van der Waals surface area contributed by atoms with E-state index in [4.69, 9.17) is 16.3 Å². The SMILES string of the molecule is COc1ccc2nc(Nc3cc(Cc4ccc(F)c(F)c4F)nc(Cl)n3)sc2n1. The maximum absolute atomic E-state index is 13.9. The van der Waals surface area contributed by atoms with Crippen molar-refractivity contribution < 1.29 is 17.9 Å². The van der Waals surface area contributed by atoms with E-state index in [1.165, 1.54) is 24.5 Å². The molecule has 11 heteroatoms. The lowest BCUT2D eigenvalue weighted by atomic mass is 10.1. The highest BCUT2D eigenvalue weighted by Gasteiger charge is 2.15. The average molecular weight is 438 g/mol. The van der Waals surface area contributed by atoms with E-state index < -0.39 is 17.5 Å². The molecule has 4 rings (SSSR count). The summed E-state index contributed by atoms with van der Waals surface area (Å²) in [5.41, 5.74) is 0.932. The van der Waals surface area contributed by atoms with Crippen molar-refractivity contribution in [2.45, 2.75) is 6.42 Å². The highest BCUT2D eigenvalue weighted by molar-refractivity contribution is 7.21. The zero-order chi connectivity index (χ0) is 20.5. The van der Waals surface area contributed by atoms with Gasteiger partial charge in [0.25, 0.3) is 0 Å². The summed E-state index contributed by atoms with van der Waals surface area (Å²) in [6, 6.07) is 7.00. The first-order valence-electron chi connectivity index (χ1n) is 8.17. The molecule has 0 atom stereocenters. The van der Waals surface area contributed by atoms with Crippen LogP contribution in [0.2, 0.25) is 5.28 Å². The van der Waals surface area contributed by atoms with Gasteiger partial charge in [0, 0.05) is 18.6 Å². The molecular formula is C18H11ClF3N5OS. The first-order valence-corrected chi connectivity index (χ1v) is 9.37. The fourth-order valence-electron chi connectivity index (χ4n) is 2.59. The summed E-state index contributed by atoms with van der Waals surface area (Å²) in [7, 11) is 1.52. The van der Waals surface area contributed by atoms with E-state index in [0.717, 1.165) is 12.1 Å². The number of nitrogens with zero attached hydrogens (tertiary/aromatic N) is 4. The third-order valence-corrected chi connectivity index (χ3v) is 4.96. The molecule has 29 heavy (non-hydrogen) atoms. The molecular weight excluding hydrogens is 427 g/mol. The summed E-state index contributed by atoms with van der Waals surface area (Å²) in [6.07, 6.45) is -0.0987. The number of hydrogen-bond acceptors (Lipinski definition) is 7. The molecule has 0 spiro atoms. The van der Waals surface area contributed by atoms with E-state index in [1.807, 2.05) is 0 Å². The quantitative estimate of drug-likeness (QED) is 0.354. The molecule has 0 fully saturated rings. The van der Waals surface area contributed by atoms with Crippen molar-refractivity contribution >= 4 is 44.2 Å². The summed E-state index contributed by atoms with van der Waals surface area (Å²) < 4.78 is 45.6. The molecule has 4 aromatic rings. The zero-order valence-electron chi connectivity index (χ0n) is 14.7. The minimum Gasteiger partial charge on any atom is -0.481 e. The van der Waals surface area contributed by atoms with Crippen LogP contribution in [-0.4, -0.2) is 27.0 Å². The van der Waals surface area contributed by atoms with Gasteiger partial charge in [-0.25, -0.2) is 33.1 Å². The van der Waals surface area contributed by atoms with Crippen LogP contribution < -0.4 is 10.1 Å². The summed E-state index contributed by atoms with van der Waals surface area (Å²) in [5.74, 6) is -3.27. The third kappa shape index (κ3) is 4.08. The van der Waals surface area contributed by atoms with Crippen LogP contribution in [0.4, 0.5) is 24.1 Å². The number of aromatic nitrogens is 4. The van der Waals surface area contributed by atoms with Gasteiger partial charge in [0.05, 0.1) is 12.8 Å². The molecule has 0 unspecified atom stereocenters. The number of halogens is 4. The Morgan fingerprint density at radius 1 is 1.03 bits per heavy atom. The molecule has 0 aliphatic heterocycles. The Morgan fingerprint density at radius 2 is 1.86 bits per heavy atom. The lowest BCUT2D eigenvalue weighted by Crippen LogP contribution is -2.03. The van der Waals surface area contributed by atoms with Crippen molar-refractivity contribution in [1.82, 2.24) is 19.9 Å². The molecule has 0 aliphatic rings. The number of hydrogen-bond donors (Lipinski definition) is 1. The monoisotopic (exact) mass is 437 g/mol. The van der Waals surface area contributed by atoms with Crippen LogP contribution in [0.3, 0.4) is 0 Å². The van der Waals surface area contributed by atoms with E-state index in [1.54, 1.807) is 12.1 Å². The van der Waals surface area contributed by atoms with Gasteiger partial charge >= 0.3 is 0 Å². The smallest absolute Gasteiger partial charge is 0.224 e. The van der Waals surface area contributed by atoms with Crippen molar-refractivity contribution in [3.63, 3.8) is 0 Å². The Kier molecular flexibility index (Phi) is 5.20. The van der Waals surface area contributed by atoms with Gasteiger partial charge in [-0.2, -0.15) is 0 Å². The van der Waals surface area contributed by atoms with Crippen LogP contribution in [0.15, 0.2) is 30.3 Å². The lowest BCUT2D eigenvalue weighted by molar-refractivity contribution is 0.400. The molecule has 0 bridgehead atoms. The van der Waals surface area contributed by atoms with Crippen LogP contribution >= 0.6 is 22.9 Å². The predicted octanol–water partition coefficient (Wildman–Crippen LogP) is 4.90. The molecule has 0 saturated heterocycles. The number of thiazole rings is 1. The van der Waals surface area contributed by atoms with Gasteiger partial charge in [0.1, 0.15) is 16.2 Å². The Hall–Kier alpha value is -2.98. The summed E-state index contributed by atoms with van der Waals surface area (Å²) in [5, 5.41) is 3.41. The van der Waals surface area contributed by atoms with Gasteiger partial charge in [0.15, 0.2) is 22.6 Å². The highest BCUT2D eigenvalue weighted by atomic mass is 35.5. The van der Waals surface area contributed by atoms with Crippen LogP contribution in [0.1, 0.15) is 11.3 Å². The van der Waals surface area contributed by atoms with Crippen LogP contribution in [0.5, 0.6) is 5.88 Å². The molecule has 0 amide bonds. The molecule has 148 valence electrons. The second-order valence-corrected chi connectivity index (χ2v) is 7.16. The molecule has 0 saturated carbocycles. The molecule has 0 aliphatic carbocycles. The average Bonchev–Trinajstić information content (AvgIpc) is 3.09. The molecule has 0 radical (unpaired) electrons. The topological polar surface area (TPSA) is 72.8 Å². The van der Waals surface area contributed by atoms with Crippen molar-refractivity contribution in [2.75, 3.05) is 12.4 Å². The summed E-state index contributed by atoms with van der Waals surface area (Å²) in [6.45, 7) is 0. The van der Waals surface area contributed by atoms with Gasteiger partial charge in [-0.1, -0.05) is 17.4 Å². The zero-order valence-corrected chi connectivity index (χ0v) is 16.3. The molecule has 1 aromatic carbocycles. The molecule has 3 heterocycles. The molecule has 1 N–H and O–H groups in total. The van der Waals surface area contributed by atoms with Crippen molar-refractivity contribution in [2.24, 2.45) is 0 Å². The van der Waals surface area contributed by atoms with E-state index >= 15 is 0 Å². The van der Waals surface area contributed by atoms with E-state index in [-0.39, 0.29) is 17.3 Å². The first kappa shape index (κ1) is 19.3. The van der Waals surface area contributed by atoms with Gasteiger partial charge in [0.2, 0.25) is 11.2 Å². The van der Waals surface area contributed by atoms with Crippen molar-refractivity contribution in [3.8, 4) is 5.88 Å². The number of methoxy groups -OCH3 is 1. The number of fused-ring (bicyclic) bond motifs is 1. The minimum absolute atomic E-state index is 0.0547. The molecule has 6 nitrogen and oxygen atoms in total. The van der Waals surface area contributed by atoms with Crippen LogP contribution in [0.25, 0.3) is 10.3 Å². The highest BCUT2D eigenvalue weighted by Crippen LogP contribution is 2.29. The Labute approximate surface area is 171 Å². The number of pyridine rings is 1. The predicted molar refractivity (Wildman–Crippen MR) is 103 cm³/mol. The third-order valence-electron chi connectivity index (χ3n) is 3.91. The van der Waals surface area contributed by atoms with Crippen molar-refractivity contribution in [1.29, 1.82) is 0 Å². The second-order valence-electron chi connectivity index (χ2n) is 5.85. The van der Waals surface area contributed by atoms with E-state index in [0.29, 0.717) is 32.9 Å². The standard InChI is InChI=1S/C18H11ClF3N5OS/c1-28-13-5-4-11-16(27-13)29-18(24-11)26-12-7-9(23-17(19)25-12)6-8-2-3-10(20)15(22)14(8)21/h2-5,7H,6H2,1H3,(H,23,24,25,26). The fourth-order valence-corrected chi connectivity index (χ4v) is 3.63. The normalized spacial score (nSPS) is 11.1. The number of nitrogens with one attached hydrogen (secondary N) is 1. The van der Waals surface area contributed by atoms with Gasteiger partial charge in [-0.3, -0.25) is 0 Å². The lowest BCUT2D eigenvalue weighted by Gasteiger charge is -2.07. The minimum atomic E-state index is -1.53. The second kappa shape index (κ2) is 7.80. The maximum atomic E-state index is 13.9. The number of ether oxygens (including phenoxy) is 1. The van der Waals surface area contributed by atoms with Gasteiger partial charge in [-0.05, 0) is 29.3 Å². The largest absolute Gasteiger partial charge is 0.481 e. The van der Waals surface area contributed by atoms with E-state index in [9.17, 15) is 13.2 Å². The number of anilines is 2. The van der Waals surface area contributed by atoms with Crippen LogP contribution in [0, 0.1) is 17.5 Å². The Bertz CT molecular complexity index is 1220.